The number of halogens is 2. The Balaban J connectivity index is 1.78. The maximum atomic E-state index is 12.8. The van der Waals surface area contributed by atoms with Gasteiger partial charge in [0.2, 0.25) is 0 Å². The zero-order chi connectivity index (χ0) is 18.3. The van der Waals surface area contributed by atoms with Crippen molar-refractivity contribution >= 4 is 50.1 Å². The second-order valence-corrected chi connectivity index (χ2v) is 8.58. The van der Waals surface area contributed by atoms with Crippen LogP contribution in [0.15, 0.2) is 53.0 Å². The number of nitrogens with one attached hydrogen (secondary N) is 1. The Kier molecular flexibility index (Phi) is 4.69. The van der Waals surface area contributed by atoms with Crippen molar-refractivity contribution in [3.63, 3.8) is 0 Å². The molecule has 1 atom stereocenters. The van der Waals surface area contributed by atoms with Gasteiger partial charge in [-0.05, 0) is 46.3 Å². The van der Waals surface area contributed by atoms with E-state index in [-0.39, 0.29) is 5.91 Å². The topological polar surface area (TPSA) is 64.0 Å². The number of carbonyl (C=O) groups is 1. The first-order valence-corrected chi connectivity index (χ1v) is 10.5. The average Bonchev–Trinajstić information content (AvgIpc) is 3.12. The van der Waals surface area contributed by atoms with Gasteiger partial charge in [0.1, 0.15) is 5.82 Å². The smallest absolute Gasteiger partial charge is 0.257 e. The van der Waals surface area contributed by atoms with E-state index >= 15 is 0 Å². The van der Waals surface area contributed by atoms with Crippen molar-refractivity contribution in [2.45, 2.75) is 11.5 Å². The zero-order valence-corrected chi connectivity index (χ0v) is 16.6. The third-order valence-corrected chi connectivity index (χ3v) is 6.21. The Morgan fingerprint density at radius 3 is 2.77 bits per heavy atom. The molecule has 132 valence electrons. The average molecular weight is 451 g/mol. The van der Waals surface area contributed by atoms with Crippen LogP contribution < -0.4 is 5.32 Å². The minimum Gasteiger partial charge on any atom is -0.306 e. The number of anilines is 1. The molecule has 0 unspecified atom stereocenters. The second-order valence-electron chi connectivity index (χ2n) is 5.83. The van der Waals surface area contributed by atoms with Gasteiger partial charge in [-0.2, -0.15) is 5.10 Å². The van der Waals surface area contributed by atoms with Gasteiger partial charge in [-0.25, -0.2) is 4.68 Å². The normalized spacial score (nSPS) is 15.7. The SMILES string of the molecule is O=C(Nc1c2c(nn1-c1cccc(Cl)c1)C[S@@](=O)C2)c1ccccc1Br. The number of carbonyl (C=O) groups excluding carboxylic acids is 1. The van der Waals surface area contributed by atoms with Crippen LogP contribution in [0.5, 0.6) is 0 Å². The van der Waals surface area contributed by atoms with Crippen LogP contribution >= 0.6 is 27.5 Å². The van der Waals surface area contributed by atoms with Gasteiger partial charge in [-0.15, -0.1) is 0 Å². The molecule has 1 aliphatic heterocycles. The van der Waals surface area contributed by atoms with Gasteiger partial charge in [0, 0.05) is 25.9 Å². The van der Waals surface area contributed by atoms with E-state index in [0.717, 1.165) is 16.9 Å². The van der Waals surface area contributed by atoms with Crippen LogP contribution in [-0.4, -0.2) is 19.9 Å². The van der Waals surface area contributed by atoms with Crippen LogP contribution in [0.4, 0.5) is 5.82 Å². The van der Waals surface area contributed by atoms with Crippen LogP contribution in [0, 0.1) is 0 Å². The minimum absolute atomic E-state index is 0.263. The molecule has 1 amide bonds. The van der Waals surface area contributed by atoms with E-state index in [2.05, 4.69) is 26.3 Å². The van der Waals surface area contributed by atoms with E-state index < -0.39 is 10.8 Å². The molecule has 0 saturated carbocycles. The number of amides is 1. The highest BCUT2D eigenvalue weighted by Gasteiger charge is 2.28. The highest BCUT2D eigenvalue weighted by molar-refractivity contribution is 9.10. The molecular formula is C18H13BrClN3O2S. The van der Waals surface area contributed by atoms with Crippen molar-refractivity contribution in [1.29, 1.82) is 0 Å². The van der Waals surface area contributed by atoms with E-state index in [0.29, 0.717) is 32.4 Å². The Labute approximate surface area is 165 Å². The first-order valence-electron chi connectivity index (χ1n) is 7.80. The lowest BCUT2D eigenvalue weighted by Crippen LogP contribution is -2.17. The van der Waals surface area contributed by atoms with Crippen molar-refractivity contribution in [3.8, 4) is 5.69 Å². The Hall–Kier alpha value is -1.96. The number of fused-ring (bicyclic) bond motifs is 1. The molecule has 2 heterocycles. The first kappa shape index (κ1) is 17.5. The number of aromatic nitrogens is 2. The second kappa shape index (κ2) is 6.98. The predicted octanol–water partition coefficient (Wildman–Crippen LogP) is 4.30. The molecule has 0 spiro atoms. The molecule has 0 saturated heterocycles. The van der Waals surface area contributed by atoms with Crippen molar-refractivity contribution < 1.29 is 9.00 Å². The number of nitrogens with zero attached hydrogens (tertiary/aromatic N) is 2. The summed E-state index contributed by atoms with van der Waals surface area (Å²) >= 11 is 9.50. The summed E-state index contributed by atoms with van der Waals surface area (Å²) in [6, 6.07) is 14.4. The van der Waals surface area contributed by atoms with Crippen LogP contribution in [0.3, 0.4) is 0 Å². The maximum absolute atomic E-state index is 12.8. The lowest BCUT2D eigenvalue weighted by molar-refractivity contribution is 0.102. The van der Waals surface area contributed by atoms with Gasteiger partial charge in [0.25, 0.3) is 5.91 Å². The van der Waals surface area contributed by atoms with Crippen molar-refractivity contribution in [3.05, 3.63) is 74.8 Å². The summed E-state index contributed by atoms with van der Waals surface area (Å²) in [5, 5.41) is 8.07. The molecule has 1 N–H and O–H groups in total. The molecule has 26 heavy (non-hydrogen) atoms. The predicted molar refractivity (Wildman–Crippen MR) is 106 cm³/mol. The molecule has 0 aliphatic carbocycles. The number of hydrogen-bond acceptors (Lipinski definition) is 3. The zero-order valence-electron chi connectivity index (χ0n) is 13.4. The van der Waals surface area contributed by atoms with E-state index in [9.17, 15) is 9.00 Å². The summed E-state index contributed by atoms with van der Waals surface area (Å²) in [6.45, 7) is 0. The quantitative estimate of drug-likeness (QED) is 0.647. The first-order chi connectivity index (χ1) is 12.5. The number of benzene rings is 2. The van der Waals surface area contributed by atoms with Gasteiger partial charge in [0.05, 0.1) is 28.5 Å². The summed E-state index contributed by atoms with van der Waals surface area (Å²) in [6.07, 6.45) is 0. The fourth-order valence-corrected chi connectivity index (χ4v) is 4.78. The molecule has 0 bridgehead atoms. The summed E-state index contributed by atoms with van der Waals surface area (Å²) in [5.74, 6) is 1.04. The third-order valence-electron chi connectivity index (χ3n) is 4.07. The van der Waals surface area contributed by atoms with Gasteiger partial charge in [0.15, 0.2) is 0 Å². The van der Waals surface area contributed by atoms with Gasteiger partial charge in [-0.1, -0.05) is 29.8 Å². The summed E-state index contributed by atoms with van der Waals surface area (Å²) < 4.78 is 14.3. The Morgan fingerprint density at radius 1 is 1.19 bits per heavy atom. The van der Waals surface area contributed by atoms with E-state index in [1.807, 2.05) is 24.3 Å². The highest BCUT2D eigenvalue weighted by Crippen LogP contribution is 2.32. The van der Waals surface area contributed by atoms with Crippen LogP contribution in [-0.2, 0) is 22.3 Å². The minimum atomic E-state index is -0.994. The van der Waals surface area contributed by atoms with Crippen molar-refractivity contribution in [2.75, 3.05) is 5.32 Å². The van der Waals surface area contributed by atoms with Crippen LogP contribution in [0.25, 0.3) is 5.69 Å². The van der Waals surface area contributed by atoms with Crippen LogP contribution in [0.1, 0.15) is 21.6 Å². The molecule has 3 aromatic rings. The molecule has 1 aromatic heterocycles. The van der Waals surface area contributed by atoms with Gasteiger partial charge < -0.3 is 5.32 Å². The van der Waals surface area contributed by atoms with Gasteiger partial charge >= 0.3 is 0 Å². The third kappa shape index (κ3) is 3.22. The van der Waals surface area contributed by atoms with E-state index in [1.54, 1.807) is 28.9 Å². The fraction of sp³-hybridized carbons (Fsp3) is 0.111. The largest absolute Gasteiger partial charge is 0.306 e. The molecule has 0 fully saturated rings. The van der Waals surface area contributed by atoms with Crippen LogP contribution in [0.2, 0.25) is 5.02 Å². The lowest BCUT2D eigenvalue weighted by Gasteiger charge is -2.12. The summed E-state index contributed by atoms with van der Waals surface area (Å²) in [5.41, 5.74) is 2.80. The fourth-order valence-electron chi connectivity index (χ4n) is 2.87. The molecule has 5 nitrogen and oxygen atoms in total. The number of hydrogen-bond donors (Lipinski definition) is 1. The Morgan fingerprint density at radius 2 is 2.00 bits per heavy atom. The number of rotatable bonds is 3. The van der Waals surface area contributed by atoms with Gasteiger partial charge in [-0.3, -0.25) is 9.00 Å². The molecular weight excluding hydrogens is 438 g/mol. The molecule has 8 heteroatoms. The Bertz CT molecular complexity index is 1050. The molecule has 4 rings (SSSR count). The van der Waals surface area contributed by atoms with E-state index in [1.165, 1.54) is 0 Å². The molecule has 2 aromatic carbocycles. The lowest BCUT2D eigenvalue weighted by atomic mass is 10.2. The highest BCUT2D eigenvalue weighted by atomic mass is 79.9. The van der Waals surface area contributed by atoms with Crippen molar-refractivity contribution in [2.24, 2.45) is 0 Å². The molecule has 1 aliphatic rings. The standard InChI is InChI=1S/C18H13BrClN3O2S/c19-15-7-2-1-6-13(15)18(24)21-17-14-9-26(25)10-16(14)22-23(17)12-5-3-4-11(20)8-12/h1-8H,9-10H2,(H,21,24)/t26-/m0/s1. The van der Waals surface area contributed by atoms with E-state index in [4.69, 9.17) is 11.6 Å². The monoisotopic (exact) mass is 449 g/mol. The summed E-state index contributed by atoms with van der Waals surface area (Å²) in [7, 11) is -0.994. The maximum Gasteiger partial charge on any atom is 0.257 e. The molecule has 0 radical (unpaired) electrons. The van der Waals surface area contributed by atoms with Crippen molar-refractivity contribution in [1.82, 2.24) is 9.78 Å². The summed E-state index contributed by atoms with van der Waals surface area (Å²) in [4.78, 5) is 12.8.